The standard InChI is InChI=1S/C11H16ClFN2/c1-7(2)15-6-11(14)8-3-4-10(13)9(12)5-8/h3-5,7,11,15H,6,14H2,1-2H3. The van der Waals surface area contributed by atoms with Gasteiger partial charge in [-0.2, -0.15) is 0 Å². The number of nitrogens with one attached hydrogen (secondary N) is 1. The average molecular weight is 231 g/mol. The van der Waals surface area contributed by atoms with Crippen LogP contribution in [0.1, 0.15) is 25.5 Å². The van der Waals surface area contributed by atoms with Crippen LogP contribution in [0.5, 0.6) is 0 Å². The first-order chi connectivity index (χ1) is 7.00. The third-order valence-corrected chi connectivity index (χ3v) is 2.41. The van der Waals surface area contributed by atoms with Crippen LogP contribution in [0.3, 0.4) is 0 Å². The molecule has 0 aromatic heterocycles. The molecular weight excluding hydrogens is 215 g/mol. The van der Waals surface area contributed by atoms with Crippen molar-refractivity contribution in [1.82, 2.24) is 5.32 Å². The molecule has 0 amide bonds. The summed E-state index contributed by atoms with van der Waals surface area (Å²) < 4.78 is 12.9. The molecule has 0 aliphatic carbocycles. The summed E-state index contributed by atoms with van der Waals surface area (Å²) in [6.07, 6.45) is 0. The van der Waals surface area contributed by atoms with Gasteiger partial charge in [0.2, 0.25) is 0 Å². The quantitative estimate of drug-likeness (QED) is 0.834. The highest BCUT2D eigenvalue weighted by molar-refractivity contribution is 6.30. The Morgan fingerprint density at radius 2 is 2.13 bits per heavy atom. The molecule has 0 saturated carbocycles. The first-order valence-corrected chi connectivity index (χ1v) is 5.32. The summed E-state index contributed by atoms with van der Waals surface area (Å²) in [5, 5.41) is 3.33. The second kappa shape index (κ2) is 5.45. The van der Waals surface area contributed by atoms with Gasteiger partial charge in [-0.1, -0.05) is 31.5 Å². The van der Waals surface area contributed by atoms with Gasteiger partial charge in [-0.3, -0.25) is 0 Å². The highest BCUT2D eigenvalue weighted by Gasteiger charge is 2.08. The van der Waals surface area contributed by atoms with Crippen LogP contribution < -0.4 is 11.1 Å². The summed E-state index contributed by atoms with van der Waals surface area (Å²) in [6.45, 7) is 4.74. The second-order valence-electron chi connectivity index (χ2n) is 3.84. The molecule has 1 aromatic rings. The molecule has 0 heterocycles. The predicted molar refractivity (Wildman–Crippen MR) is 61.5 cm³/mol. The smallest absolute Gasteiger partial charge is 0.141 e. The molecule has 0 fully saturated rings. The lowest BCUT2D eigenvalue weighted by atomic mass is 10.1. The molecule has 0 spiro atoms. The van der Waals surface area contributed by atoms with Crippen molar-refractivity contribution in [3.63, 3.8) is 0 Å². The predicted octanol–water partition coefficient (Wildman–Crippen LogP) is 2.48. The zero-order chi connectivity index (χ0) is 11.4. The molecule has 0 radical (unpaired) electrons. The lowest BCUT2D eigenvalue weighted by Crippen LogP contribution is -2.31. The van der Waals surface area contributed by atoms with Crippen molar-refractivity contribution in [3.05, 3.63) is 34.6 Å². The van der Waals surface area contributed by atoms with Crippen molar-refractivity contribution in [2.24, 2.45) is 5.73 Å². The van der Waals surface area contributed by atoms with Gasteiger partial charge < -0.3 is 11.1 Å². The van der Waals surface area contributed by atoms with Crippen molar-refractivity contribution in [2.45, 2.75) is 25.9 Å². The molecule has 4 heteroatoms. The van der Waals surface area contributed by atoms with E-state index in [2.05, 4.69) is 5.32 Å². The maximum Gasteiger partial charge on any atom is 0.141 e. The molecule has 0 bridgehead atoms. The highest BCUT2D eigenvalue weighted by Crippen LogP contribution is 2.19. The van der Waals surface area contributed by atoms with Gasteiger partial charge in [-0.15, -0.1) is 0 Å². The molecule has 1 atom stereocenters. The van der Waals surface area contributed by atoms with Gasteiger partial charge in [-0.25, -0.2) is 4.39 Å². The minimum atomic E-state index is -0.413. The maximum atomic E-state index is 12.9. The summed E-state index contributed by atoms with van der Waals surface area (Å²) >= 11 is 5.67. The fourth-order valence-corrected chi connectivity index (χ4v) is 1.41. The summed E-state index contributed by atoms with van der Waals surface area (Å²) in [4.78, 5) is 0. The van der Waals surface area contributed by atoms with Crippen molar-refractivity contribution in [2.75, 3.05) is 6.54 Å². The maximum absolute atomic E-state index is 12.9. The minimum Gasteiger partial charge on any atom is -0.323 e. The lowest BCUT2D eigenvalue weighted by molar-refractivity contribution is 0.537. The van der Waals surface area contributed by atoms with Gasteiger partial charge in [-0.05, 0) is 17.7 Å². The molecular formula is C11H16ClFN2. The molecule has 1 rings (SSSR count). The molecule has 3 N–H and O–H groups in total. The van der Waals surface area contributed by atoms with Crippen LogP contribution >= 0.6 is 11.6 Å². The van der Waals surface area contributed by atoms with Crippen LogP contribution in [-0.4, -0.2) is 12.6 Å². The van der Waals surface area contributed by atoms with Gasteiger partial charge in [0.25, 0.3) is 0 Å². The third kappa shape index (κ3) is 3.78. The van der Waals surface area contributed by atoms with Crippen LogP contribution in [0.2, 0.25) is 5.02 Å². The van der Waals surface area contributed by atoms with Crippen molar-refractivity contribution < 1.29 is 4.39 Å². The van der Waals surface area contributed by atoms with E-state index in [4.69, 9.17) is 17.3 Å². The Hall–Kier alpha value is -0.640. The number of benzene rings is 1. The van der Waals surface area contributed by atoms with Crippen LogP contribution in [0.15, 0.2) is 18.2 Å². The Morgan fingerprint density at radius 1 is 1.47 bits per heavy atom. The minimum absolute atomic E-state index is 0.118. The second-order valence-corrected chi connectivity index (χ2v) is 4.25. The normalized spacial score (nSPS) is 13.2. The topological polar surface area (TPSA) is 38.0 Å². The van der Waals surface area contributed by atoms with Gasteiger partial charge in [0, 0.05) is 18.6 Å². The average Bonchev–Trinajstić information content (AvgIpc) is 2.18. The molecule has 84 valence electrons. The zero-order valence-corrected chi connectivity index (χ0v) is 9.68. The molecule has 15 heavy (non-hydrogen) atoms. The first kappa shape index (κ1) is 12.4. The van der Waals surface area contributed by atoms with E-state index >= 15 is 0 Å². The summed E-state index contributed by atoms with van der Waals surface area (Å²) in [5.41, 5.74) is 6.76. The van der Waals surface area contributed by atoms with Gasteiger partial charge in [0.15, 0.2) is 0 Å². The molecule has 2 nitrogen and oxygen atoms in total. The van der Waals surface area contributed by atoms with Crippen LogP contribution in [0.25, 0.3) is 0 Å². The molecule has 0 saturated heterocycles. The van der Waals surface area contributed by atoms with Crippen LogP contribution in [0.4, 0.5) is 4.39 Å². The zero-order valence-electron chi connectivity index (χ0n) is 8.93. The molecule has 0 aliphatic heterocycles. The van der Waals surface area contributed by atoms with Gasteiger partial charge in [0.05, 0.1) is 5.02 Å². The Labute approximate surface area is 94.6 Å². The fourth-order valence-electron chi connectivity index (χ4n) is 1.22. The van der Waals surface area contributed by atoms with E-state index in [1.54, 1.807) is 12.1 Å². The van der Waals surface area contributed by atoms with E-state index in [0.29, 0.717) is 12.6 Å². The lowest BCUT2D eigenvalue weighted by Gasteiger charge is -2.15. The monoisotopic (exact) mass is 230 g/mol. The Balaban J connectivity index is 2.65. The summed E-state index contributed by atoms with van der Waals surface area (Å²) in [6, 6.07) is 4.79. The SMILES string of the molecule is CC(C)NCC(N)c1ccc(F)c(Cl)c1. The fraction of sp³-hybridized carbons (Fsp3) is 0.455. The van der Waals surface area contributed by atoms with E-state index in [1.165, 1.54) is 6.07 Å². The Morgan fingerprint density at radius 3 is 2.67 bits per heavy atom. The summed E-state index contributed by atoms with van der Waals surface area (Å²) in [5.74, 6) is -0.413. The molecule has 0 aliphatic rings. The van der Waals surface area contributed by atoms with E-state index in [1.807, 2.05) is 13.8 Å². The number of halogens is 2. The number of nitrogens with two attached hydrogens (primary N) is 1. The summed E-state index contributed by atoms with van der Waals surface area (Å²) in [7, 11) is 0. The first-order valence-electron chi connectivity index (χ1n) is 4.94. The third-order valence-electron chi connectivity index (χ3n) is 2.12. The van der Waals surface area contributed by atoms with Crippen LogP contribution in [-0.2, 0) is 0 Å². The molecule has 1 unspecified atom stereocenters. The van der Waals surface area contributed by atoms with Crippen molar-refractivity contribution in [1.29, 1.82) is 0 Å². The van der Waals surface area contributed by atoms with E-state index in [0.717, 1.165) is 5.56 Å². The Bertz CT molecular complexity index is 328. The van der Waals surface area contributed by atoms with Gasteiger partial charge in [0.1, 0.15) is 5.82 Å². The van der Waals surface area contributed by atoms with E-state index in [9.17, 15) is 4.39 Å². The number of hydrogen-bond acceptors (Lipinski definition) is 2. The molecule has 1 aromatic carbocycles. The van der Waals surface area contributed by atoms with Crippen molar-refractivity contribution >= 4 is 11.6 Å². The number of rotatable bonds is 4. The van der Waals surface area contributed by atoms with E-state index < -0.39 is 5.82 Å². The van der Waals surface area contributed by atoms with Gasteiger partial charge >= 0.3 is 0 Å². The number of hydrogen-bond donors (Lipinski definition) is 2. The van der Waals surface area contributed by atoms with E-state index in [-0.39, 0.29) is 11.1 Å². The van der Waals surface area contributed by atoms with Crippen molar-refractivity contribution in [3.8, 4) is 0 Å². The highest BCUT2D eigenvalue weighted by atomic mass is 35.5. The van der Waals surface area contributed by atoms with Crippen LogP contribution in [0, 0.1) is 5.82 Å². The Kier molecular flexibility index (Phi) is 4.51. The largest absolute Gasteiger partial charge is 0.323 e.